The Kier molecular flexibility index (Phi) is 3.11. The van der Waals surface area contributed by atoms with Crippen LogP contribution in [-0.4, -0.2) is 10.2 Å². The van der Waals surface area contributed by atoms with Gasteiger partial charge in [0.2, 0.25) is 0 Å². The van der Waals surface area contributed by atoms with Crippen molar-refractivity contribution < 1.29 is 0 Å². The van der Waals surface area contributed by atoms with Crippen molar-refractivity contribution in [3.8, 4) is 0 Å². The van der Waals surface area contributed by atoms with E-state index in [2.05, 4.69) is 4.98 Å². The van der Waals surface area contributed by atoms with Crippen LogP contribution in [0.1, 0.15) is 32.1 Å². The lowest BCUT2D eigenvalue weighted by atomic mass is 10.0. The first-order chi connectivity index (χ1) is 6.34. The molecule has 1 aromatic rings. The van der Waals surface area contributed by atoms with Crippen LogP contribution in [0.4, 0.5) is 5.00 Å². The van der Waals surface area contributed by atoms with Crippen LogP contribution >= 0.6 is 23.1 Å². The van der Waals surface area contributed by atoms with Gasteiger partial charge in [0.15, 0.2) is 4.34 Å². The minimum Gasteiger partial charge on any atom is -0.389 e. The highest BCUT2D eigenvalue weighted by Crippen LogP contribution is 2.35. The Bertz CT molecular complexity index is 266. The number of rotatable bonds is 2. The van der Waals surface area contributed by atoms with E-state index in [0.717, 1.165) is 14.6 Å². The molecule has 2 N–H and O–H groups in total. The molecule has 1 fully saturated rings. The summed E-state index contributed by atoms with van der Waals surface area (Å²) in [6.45, 7) is 0. The van der Waals surface area contributed by atoms with Crippen LogP contribution in [0.25, 0.3) is 0 Å². The molecule has 2 nitrogen and oxygen atoms in total. The Morgan fingerprint density at radius 2 is 2.15 bits per heavy atom. The molecule has 0 amide bonds. The molecule has 1 aliphatic rings. The van der Waals surface area contributed by atoms with Crippen molar-refractivity contribution in [2.75, 3.05) is 5.73 Å². The van der Waals surface area contributed by atoms with Gasteiger partial charge in [-0.15, -0.1) is 0 Å². The molecule has 4 heteroatoms. The molecule has 0 saturated heterocycles. The third-order valence-electron chi connectivity index (χ3n) is 2.32. The molecule has 0 spiro atoms. The molecular formula is C9H14N2S2. The summed E-state index contributed by atoms with van der Waals surface area (Å²) in [5, 5.41) is 1.62. The molecule has 1 aliphatic carbocycles. The number of nitrogen functional groups attached to an aromatic ring is 1. The number of nitrogens with two attached hydrogens (primary N) is 1. The fourth-order valence-corrected chi connectivity index (χ4v) is 3.92. The second-order valence-electron chi connectivity index (χ2n) is 3.41. The molecule has 72 valence electrons. The molecule has 0 radical (unpaired) electrons. The highest BCUT2D eigenvalue weighted by atomic mass is 32.2. The van der Waals surface area contributed by atoms with Gasteiger partial charge < -0.3 is 5.73 Å². The van der Waals surface area contributed by atoms with Gasteiger partial charge in [0.25, 0.3) is 0 Å². The van der Waals surface area contributed by atoms with Gasteiger partial charge in [-0.1, -0.05) is 42.4 Å². The molecule has 0 atom stereocenters. The Morgan fingerprint density at radius 3 is 2.77 bits per heavy atom. The van der Waals surface area contributed by atoms with Crippen LogP contribution in [0.15, 0.2) is 10.5 Å². The molecule has 1 aromatic heterocycles. The first kappa shape index (κ1) is 9.34. The summed E-state index contributed by atoms with van der Waals surface area (Å²) in [4.78, 5) is 4.27. The first-order valence-electron chi connectivity index (χ1n) is 4.72. The molecular weight excluding hydrogens is 200 g/mol. The summed E-state index contributed by atoms with van der Waals surface area (Å²) in [5.74, 6) is 0. The molecule has 1 heterocycles. The second-order valence-corrected chi connectivity index (χ2v) is 6.02. The van der Waals surface area contributed by atoms with E-state index in [1.54, 1.807) is 17.5 Å². The highest BCUT2D eigenvalue weighted by molar-refractivity contribution is 8.01. The van der Waals surface area contributed by atoms with Gasteiger partial charge in [-0.2, -0.15) is 0 Å². The van der Waals surface area contributed by atoms with Crippen LogP contribution in [0.3, 0.4) is 0 Å². The van der Waals surface area contributed by atoms with E-state index >= 15 is 0 Å². The van der Waals surface area contributed by atoms with E-state index in [-0.39, 0.29) is 0 Å². The summed E-state index contributed by atoms with van der Waals surface area (Å²) in [6, 6.07) is 0. The molecule has 1 saturated carbocycles. The summed E-state index contributed by atoms with van der Waals surface area (Å²) < 4.78 is 1.14. The summed E-state index contributed by atoms with van der Waals surface area (Å²) in [6.07, 6.45) is 8.65. The van der Waals surface area contributed by atoms with Gasteiger partial charge in [-0.3, -0.25) is 0 Å². The van der Waals surface area contributed by atoms with Crippen LogP contribution in [0.2, 0.25) is 0 Å². The Morgan fingerprint density at radius 1 is 1.38 bits per heavy atom. The van der Waals surface area contributed by atoms with Gasteiger partial charge >= 0.3 is 0 Å². The van der Waals surface area contributed by atoms with Gasteiger partial charge in [0.05, 0.1) is 6.20 Å². The fourth-order valence-electron chi connectivity index (χ4n) is 1.65. The van der Waals surface area contributed by atoms with Crippen LogP contribution < -0.4 is 5.73 Å². The lowest BCUT2D eigenvalue weighted by molar-refractivity contribution is 0.516. The number of hydrogen-bond acceptors (Lipinski definition) is 4. The molecule has 0 aliphatic heterocycles. The van der Waals surface area contributed by atoms with Crippen molar-refractivity contribution >= 4 is 28.1 Å². The average Bonchev–Trinajstić information content (AvgIpc) is 2.53. The van der Waals surface area contributed by atoms with Crippen molar-refractivity contribution in [2.45, 2.75) is 41.7 Å². The Labute approximate surface area is 86.9 Å². The number of anilines is 1. The minimum absolute atomic E-state index is 0.791. The lowest BCUT2D eigenvalue weighted by Crippen LogP contribution is -2.07. The second kappa shape index (κ2) is 4.33. The normalized spacial score (nSPS) is 19.1. The standard InChI is InChI=1S/C9H14N2S2/c10-8-6-11-9(13-8)12-7-4-2-1-3-5-7/h6-7H,1-5,10H2. The summed E-state index contributed by atoms with van der Waals surface area (Å²) >= 11 is 3.52. The third kappa shape index (κ3) is 2.61. The van der Waals surface area contributed by atoms with E-state index in [1.807, 2.05) is 11.8 Å². The molecule has 0 unspecified atom stereocenters. The van der Waals surface area contributed by atoms with Crippen LogP contribution in [0, 0.1) is 0 Å². The van der Waals surface area contributed by atoms with Gasteiger partial charge in [-0.25, -0.2) is 4.98 Å². The highest BCUT2D eigenvalue weighted by Gasteiger charge is 2.15. The Hall–Kier alpha value is -0.220. The van der Waals surface area contributed by atoms with E-state index in [1.165, 1.54) is 32.1 Å². The number of hydrogen-bond donors (Lipinski definition) is 1. The van der Waals surface area contributed by atoms with E-state index in [0.29, 0.717) is 0 Å². The lowest BCUT2D eigenvalue weighted by Gasteiger charge is -2.19. The summed E-state index contributed by atoms with van der Waals surface area (Å²) in [5.41, 5.74) is 5.63. The van der Waals surface area contributed by atoms with Gasteiger partial charge in [0.1, 0.15) is 5.00 Å². The van der Waals surface area contributed by atoms with E-state index in [9.17, 15) is 0 Å². The maximum Gasteiger partial charge on any atom is 0.152 e. The van der Waals surface area contributed by atoms with Crippen molar-refractivity contribution in [1.29, 1.82) is 0 Å². The SMILES string of the molecule is Nc1cnc(SC2CCCCC2)s1. The zero-order valence-corrected chi connectivity index (χ0v) is 9.16. The third-order valence-corrected chi connectivity index (χ3v) is 4.59. The maximum atomic E-state index is 5.63. The fraction of sp³-hybridized carbons (Fsp3) is 0.667. The van der Waals surface area contributed by atoms with Gasteiger partial charge in [0, 0.05) is 5.25 Å². The molecule has 2 rings (SSSR count). The van der Waals surface area contributed by atoms with Crippen molar-refractivity contribution in [3.05, 3.63) is 6.20 Å². The zero-order valence-electron chi connectivity index (χ0n) is 7.53. The maximum absolute atomic E-state index is 5.63. The van der Waals surface area contributed by atoms with Crippen molar-refractivity contribution in [1.82, 2.24) is 4.98 Å². The molecule has 0 bridgehead atoms. The Balaban J connectivity index is 1.89. The summed E-state index contributed by atoms with van der Waals surface area (Å²) in [7, 11) is 0. The van der Waals surface area contributed by atoms with Crippen LogP contribution in [-0.2, 0) is 0 Å². The van der Waals surface area contributed by atoms with Gasteiger partial charge in [-0.05, 0) is 12.8 Å². The zero-order chi connectivity index (χ0) is 9.10. The largest absolute Gasteiger partial charge is 0.389 e. The number of thiazole rings is 1. The average molecular weight is 214 g/mol. The van der Waals surface area contributed by atoms with E-state index < -0.39 is 0 Å². The predicted octanol–water partition coefficient (Wildman–Crippen LogP) is 3.15. The number of aromatic nitrogens is 1. The topological polar surface area (TPSA) is 38.9 Å². The molecule has 0 aromatic carbocycles. The first-order valence-corrected chi connectivity index (χ1v) is 6.42. The van der Waals surface area contributed by atoms with E-state index in [4.69, 9.17) is 5.73 Å². The van der Waals surface area contributed by atoms with Crippen LogP contribution in [0.5, 0.6) is 0 Å². The quantitative estimate of drug-likeness (QED) is 0.822. The number of nitrogens with zero attached hydrogens (tertiary/aromatic N) is 1. The van der Waals surface area contributed by atoms with Crippen molar-refractivity contribution in [3.63, 3.8) is 0 Å². The smallest absolute Gasteiger partial charge is 0.152 e. The number of thioether (sulfide) groups is 1. The van der Waals surface area contributed by atoms with Crippen molar-refractivity contribution in [2.24, 2.45) is 0 Å². The minimum atomic E-state index is 0.791. The monoisotopic (exact) mass is 214 g/mol. The molecule has 13 heavy (non-hydrogen) atoms. The predicted molar refractivity (Wildman–Crippen MR) is 59.3 cm³/mol.